The number of furan rings is 1. The van der Waals surface area contributed by atoms with E-state index in [2.05, 4.69) is 36.1 Å². The van der Waals surface area contributed by atoms with Gasteiger partial charge in [0, 0.05) is 11.8 Å². The Morgan fingerprint density at radius 2 is 1.64 bits per heavy atom. The number of amidine groups is 2. The zero-order valence-corrected chi connectivity index (χ0v) is 18.0. The van der Waals surface area contributed by atoms with Gasteiger partial charge in [0.25, 0.3) is 0 Å². The van der Waals surface area contributed by atoms with E-state index in [9.17, 15) is 0 Å². The van der Waals surface area contributed by atoms with Crippen molar-refractivity contribution in [2.75, 3.05) is 0 Å². The van der Waals surface area contributed by atoms with Gasteiger partial charge in [0.15, 0.2) is 11.7 Å². The summed E-state index contributed by atoms with van der Waals surface area (Å²) in [5, 5.41) is 2.81. The molecule has 0 fully saturated rings. The minimum Gasteiger partial charge on any atom is -0.465 e. The van der Waals surface area contributed by atoms with Gasteiger partial charge in [-0.3, -0.25) is 0 Å². The van der Waals surface area contributed by atoms with Gasteiger partial charge < -0.3 is 9.73 Å². The van der Waals surface area contributed by atoms with Crippen LogP contribution in [0.25, 0.3) is 0 Å². The van der Waals surface area contributed by atoms with Gasteiger partial charge in [-0.05, 0) is 18.2 Å². The zero-order valence-electron chi connectivity index (χ0n) is 13.5. The SMILES string of the molecule is CC(C)(C)c1ccc(CC=C2N=C(C(Cl)(Cl)Cl)N=C(C(Cl)(Cl)Cl)N2)o1. The summed E-state index contributed by atoms with van der Waals surface area (Å²) in [5.41, 5.74) is -0.0788. The van der Waals surface area contributed by atoms with E-state index in [0.717, 1.165) is 11.5 Å². The summed E-state index contributed by atoms with van der Waals surface area (Å²) in [6.07, 6.45) is 2.18. The number of hydrogen-bond donors (Lipinski definition) is 1. The summed E-state index contributed by atoms with van der Waals surface area (Å²) < 4.78 is 2.15. The summed E-state index contributed by atoms with van der Waals surface area (Å²) in [6, 6.07) is 3.83. The van der Waals surface area contributed by atoms with Crippen molar-refractivity contribution in [1.82, 2.24) is 5.32 Å². The molecule has 10 heteroatoms. The van der Waals surface area contributed by atoms with Crippen molar-refractivity contribution in [2.24, 2.45) is 9.98 Å². The van der Waals surface area contributed by atoms with Crippen molar-refractivity contribution < 1.29 is 4.42 Å². The molecule has 0 radical (unpaired) electrons. The Morgan fingerprint density at radius 3 is 2.12 bits per heavy atom. The summed E-state index contributed by atoms with van der Waals surface area (Å²) in [7, 11) is 0. The lowest BCUT2D eigenvalue weighted by atomic mass is 9.94. The van der Waals surface area contributed by atoms with E-state index in [4.69, 9.17) is 74.0 Å². The van der Waals surface area contributed by atoms with Crippen molar-refractivity contribution in [3.05, 3.63) is 35.6 Å². The highest BCUT2D eigenvalue weighted by Gasteiger charge is 2.36. The molecule has 2 rings (SSSR count). The summed E-state index contributed by atoms with van der Waals surface area (Å²) in [4.78, 5) is 8.12. The number of allylic oxidation sites excluding steroid dienone is 1. The smallest absolute Gasteiger partial charge is 0.250 e. The predicted molar refractivity (Wildman–Crippen MR) is 108 cm³/mol. The van der Waals surface area contributed by atoms with Crippen LogP contribution < -0.4 is 5.32 Å². The molecule has 1 aliphatic heterocycles. The maximum absolute atomic E-state index is 5.87. The van der Waals surface area contributed by atoms with Crippen LogP contribution in [-0.4, -0.2) is 19.3 Å². The molecule has 0 atom stereocenters. The molecule has 0 unspecified atom stereocenters. The van der Waals surface area contributed by atoms with Gasteiger partial charge in [-0.25, -0.2) is 9.98 Å². The number of nitrogens with zero attached hydrogens (tertiary/aromatic N) is 2. The van der Waals surface area contributed by atoms with Crippen molar-refractivity contribution in [2.45, 2.75) is 40.2 Å². The second kappa shape index (κ2) is 7.49. The molecule has 1 aromatic rings. The van der Waals surface area contributed by atoms with Gasteiger partial charge in [0.05, 0.1) is 0 Å². The third-order valence-corrected chi connectivity index (χ3v) is 4.15. The van der Waals surface area contributed by atoms with Gasteiger partial charge in [0.1, 0.15) is 17.3 Å². The van der Waals surface area contributed by atoms with Gasteiger partial charge >= 0.3 is 0 Å². The van der Waals surface area contributed by atoms with Crippen LogP contribution in [0, 0.1) is 0 Å². The van der Waals surface area contributed by atoms with Crippen molar-refractivity contribution in [1.29, 1.82) is 0 Å². The van der Waals surface area contributed by atoms with Crippen LogP contribution in [0.4, 0.5) is 0 Å². The van der Waals surface area contributed by atoms with Crippen LogP contribution in [0.5, 0.6) is 0 Å². The largest absolute Gasteiger partial charge is 0.465 e. The van der Waals surface area contributed by atoms with E-state index in [1.165, 1.54) is 0 Å². The molecule has 1 N–H and O–H groups in total. The van der Waals surface area contributed by atoms with Crippen LogP contribution >= 0.6 is 69.6 Å². The third-order valence-electron chi connectivity index (χ3n) is 3.11. The highest BCUT2D eigenvalue weighted by molar-refractivity contribution is 6.79. The summed E-state index contributed by atoms with van der Waals surface area (Å²) in [6.45, 7) is 6.20. The molecule has 0 aliphatic carbocycles. The lowest BCUT2D eigenvalue weighted by molar-refractivity contribution is 0.391. The topological polar surface area (TPSA) is 49.9 Å². The highest BCUT2D eigenvalue weighted by Crippen LogP contribution is 2.34. The first-order valence-electron chi connectivity index (χ1n) is 7.15. The second-order valence-electron chi connectivity index (χ2n) is 6.33. The monoisotopic (exact) mass is 463 g/mol. The molecule has 25 heavy (non-hydrogen) atoms. The summed E-state index contributed by atoms with van der Waals surface area (Å²) >= 11 is 35.2. The minimum atomic E-state index is -1.85. The molecule has 0 amide bonds. The Hall–Kier alpha value is -0.1000. The minimum absolute atomic E-state index is 0.00472. The molecule has 0 aromatic carbocycles. The molecule has 4 nitrogen and oxygen atoms in total. The van der Waals surface area contributed by atoms with Crippen molar-refractivity contribution in [3.63, 3.8) is 0 Å². The Balaban J connectivity index is 2.26. The fourth-order valence-corrected chi connectivity index (χ4v) is 2.39. The van der Waals surface area contributed by atoms with E-state index >= 15 is 0 Å². The standard InChI is InChI=1S/C15H15Cl6N3O/c1-13(2,3)9-6-4-8(25-9)5-7-10-22-11(14(16,17)18)24-12(23-10)15(19,20)21/h4,6-7H,5H2,1-3H3,(H,22,23,24). The van der Waals surface area contributed by atoms with Crippen LogP contribution in [-0.2, 0) is 11.8 Å². The molecule has 1 aliphatic rings. The average Bonchev–Trinajstić information content (AvgIpc) is 2.92. The van der Waals surface area contributed by atoms with Gasteiger partial charge in [-0.15, -0.1) is 0 Å². The van der Waals surface area contributed by atoms with E-state index in [-0.39, 0.29) is 17.1 Å². The fourth-order valence-electron chi connectivity index (χ4n) is 1.87. The van der Waals surface area contributed by atoms with E-state index in [1.807, 2.05) is 12.1 Å². The summed E-state index contributed by atoms with van der Waals surface area (Å²) in [5.74, 6) is 1.87. The lowest BCUT2D eigenvalue weighted by Crippen LogP contribution is -2.39. The average molecular weight is 466 g/mol. The Kier molecular flexibility index (Phi) is 6.35. The van der Waals surface area contributed by atoms with E-state index < -0.39 is 7.59 Å². The highest BCUT2D eigenvalue weighted by atomic mass is 35.6. The third kappa shape index (κ3) is 5.95. The first-order valence-corrected chi connectivity index (χ1v) is 9.42. The number of hydrogen-bond acceptors (Lipinski definition) is 4. The fraction of sp³-hybridized carbons (Fsp3) is 0.467. The first kappa shape index (κ1) is 21.2. The van der Waals surface area contributed by atoms with E-state index in [0.29, 0.717) is 12.2 Å². The number of nitrogens with one attached hydrogen (secondary N) is 1. The van der Waals surface area contributed by atoms with Crippen LogP contribution in [0.2, 0.25) is 0 Å². The predicted octanol–water partition coefficient (Wildman–Crippen LogP) is 6.10. The maximum atomic E-state index is 5.87. The molecule has 0 bridgehead atoms. The van der Waals surface area contributed by atoms with Gasteiger partial charge in [-0.1, -0.05) is 90.4 Å². The molecule has 138 valence electrons. The van der Waals surface area contributed by atoms with Crippen molar-refractivity contribution >= 4 is 81.3 Å². The molecule has 0 spiro atoms. The molecule has 2 heterocycles. The van der Waals surface area contributed by atoms with Crippen LogP contribution in [0.15, 0.2) is 38.4 Å². The first-order chi connectivity index (χ1) is 11.3. The van der Waals surface area contributed by atoms with Gasteiger partial charge in [0.2, 0.25) is 7.59 Å². The normalized spacial score (nSPS) is 18.0. The maximum Gasteiger partial charge on any atom is 0.250 e. The lowest BCUT2D eigenvalue weighted by Gasteiger charge is -2.23. The molecule has 0 saturated carbocycles. The number of alkyl halides is 6. The second-order valence-corrected chi connectivity index (χ2v) is 10.9. The Bertz CT molecular complexity index is 732. The number of rotatable bonds is 2. The Morgan fingerprint density at radius 1 is 1.00 bits per heavy atom. The van der Waals surface area contributed by atoms with Crippen LogP contribution in [0.1, 0.15) is 32.3 Å². The molecular formula is C15H15Cl6N3O. The Labute approximate surface area is 176 Å². The van der Waals surface area contributed by atoms with Gasteiger partial charge in [-0.2, -0.15) is 0 Å². The van der Waals surface area contributed by atoms with Crippen molar-refractivity contribution in [3.8, 4) is 0 Å². The molecule has 1 aromatic heterocycles. The molecule has 0 saturated heterocycles. The van der Waals surface area contributed by atoms with Crippen LogP contribution in [0.3, 0.4) is 0 Å². The quantitative estimate of drug-likeness (QED) is 0.536. The molecular weight excluding hydrogens is 451 g/mol. The van der Waals surface area contributed by atoms with E-state index in [1.54, 1.807) is 6.08 Å². The number of aliphatic imine (C=N–C) groups is 2. The number of halogens is 6. The zero-order chi connectivity index (χ0) is 19.0.